The fraction of sp³-hybridized carbons (Fsp3) is 0.647. The predicted octanol–water partition coefficient (Wildman–Crippen LogP) is 4.45. The highest BCUT2D eigenvalue weighted by Gasteiger charge is 2.28. The van der Waals surface area contributed by atoms with Crippen LogP contribution in [0.1, 0.15) is 46.6 Å². The average molecular weight is 296 g/mol. The van der Waals surface area contributed by atoms with Crippen molar-refractivity contribution in [3.05, 3.63) is 28.8 Å². The van der Waals surface area contributed by atoms with Crippen LogP contribution in [0.3, 0.4) is 0 Å². The standard InChI is InChI=1S/C17H26ClNO/c1-16(2,3)11-17(4,5)19-10-14-9-12-8-13(18)6-7-15(12)20-14/h6-8,14,19H,9-11H2,1-5H3. The van der Waals surface area contributed by atoms with Gasteiger partial charge < -0.3 is 10.1 Å². The summed E-state index contributed by atoms with van der Waals surface area (Å²) in [5, 5.41) is 4.44. The molecule has 20 heavy (non-hydrogen) atoms. The van der Waals surface area contributed by atoms with E-state index in [9.17, 15) is 0 Å². The topological polar surface area (TPSA) is 21.3 Å². The van der Waals surface area contributed by atoms with Gasteiger partial charge in [-0.15, -0.1) is 0 Å². The lowest BCUT2D eigenvalue weighted by atomic mass is 9.82. The summed E-state index contributed by atoms with van der Waals surface area (Å²) in [5.74, 6) is 0.981. The van der Waals surface area contributed by atoms with Crippen molar-refractivity contribution >= 4 is 11.6 Å². The summed E-state index contributed by atoms with van der Waals surface area (Å²) < 4.78 is 5.97. The van der Waals surface area contributed by atoms with E-state index in [2.05, 4.69) is 39.9 Å². The summed E-state index contributed by atoms with van der Waals surface area (Å²) in [6.45, 7) is 12.2. The van der Waals surface area contributed by atoms with Gasteiger partial charge in [0.15, 0.2) is 0 Å². The summed E-state index contributed by atoms with van der Waals surface area (Å²) in [5.41, 5.74) is 1.66. The molecule has 0 radical (unpaired) electrons. The molecule has 1 unspecified atom stereocenters. The molecule has 3 heteroatoms. The van der Waals surface area contributed by atoms with Crippen LogP contribution in [0.15, 0.2) is 18.2 Å². The van der Waals surface area contributed by atoms with E-state index in [1.807, 2.05) is 18.2 Å². The molecule has 0 amide bonds. The third-order valence-electron chi connectivity index (χ3n) is 3.54. The van der Waals surface area contributed by atoms with Gasteiger partial charge in [-0.3, -0.25) is 0 Å². The molecule has 0 aliphatic carbocycles. The van der Waals surface area contributed by atoms with Crippen LogP contribution in [0.5, 0.6) is 5.75 Å². The Labute approximate surface area is 127 Å². The van der Waals surface area contributed by atoms with Crippen molar-refractivity contribution in [1.29, 1.82) is 0 Å². The maximum atomic E-state index is 6.02. The first-order chi connectivity index (χ1) is 9.15. The zero-order chi connectivity index (χ0) is 15.0. The molecule has 2 rings (SSSR count). The Morgan fingerprint density at radius 2 is 1.95 bits per heavy atom. The van der Waals surface area contributed by atoms with Gasteiger partial charge in [0.1, 0.15) is 11.9 Å². The summed E-state index contributed by atoms with van der Waals surface area (Å²) in [7, 11) is 0. The number of hydrogen-bond acceptors (Lipinski definition) is 2. The third-order valence-corrected chi connectivity index (χ3v) is 3.78. The molecule has 1 atom stereocenters. The molecule has 0 saturated carbocycles. The molecule has 1 heterocycles. The van der Waals surface area contributed by atoms with Crippen molar-refractivity contribution in [2.45, 2.75) is 59.1 Å². The fourth-order valence-electron chi connectivity index (χ4n) is 3.18. The molecule has 0 saturated heterocycles. The van der Waals surface area contributed by atoms with Crippen molar-refractivity contribution in [1.82, 2.24) is 5.32 Å². The lowest BCUT2D eigenvalue weighted by Gasteiger charge is -2.34. The Morgan fingerprint density at radius 1 is 1.25 bits per heavy atom. The van der Waals surface area contributed by atoms with Crippen LogP contribution in [-0.2, 0) is 6.42 Å². The number of ether oxygens (including phenoxy) is 1. The van der Waals surface area contributed by atoms with E-state index in [1.54, 1.807) is 0 Å². The molecule has 1 aliphatic heterocycles. The number of halogens is 1. The molecule has 1 N–H and O–H groups in total. The van der Waals surface area contributed by atoms with Crippen molar-refractivity contribution in [2.24, 2.45) is 5.41 Å². The Hall–Kier alpha value is -0.730. The van der Waals surface area contributed by atoms with Gasteiger partial charge in [0.05, 0.1) is 0 Å². The van der Waals surface area contributed by atoms with Gasteiger partial charge in [0, 0.05) is 23.5 Å². The first-order valence-corrected chi connectivity index (χ1v) is 7.73. The first kappa shape index (κ1) is 15.7. The molecule has 2 nitrogen and oxygen atoms in total. The summed E-state index contributed by atoms with van der Waals surface area (Å²) in [4.78, 5) is 0. The Kier molecular flexibility index (Phi) is 4.36. The molecular weight excluding hydrogens is 270 g/mol. The SMILES string of the molecule is CC(C)(C)CC(C)(C)NCC1Cc2cc(Cl)ccc2O1. The second-order valence-corrected chi connectivity index (χ2v) is 8.13. The third kappa shape index (κ3) is 4.39. The van der Waals surface area contributed by atoms with E-state index in [0.717, 1.165) is 30.2 Å². The Balaban J connectivity index is 1.88. The molecule has 112 valence electrons. The monoisotopic (exact) mass is 295 g/mol. The highest BCUT2D eigenvalue weighted by molar-refractivity contribution is 6.30. The minimum atomic E-state index is 0.119. The highest BCUT2D eigenvalue weighted by atomic mass is 35.5. The highest BCUT2D eigenvalue weighted by Crippen LogP contribution is 2.31. The van der Waals surface area contributed by atoms with Crippen LogP contribution < -0.4 is 10.1 Å². The summed E-state index contributed by atoms with van der Waals surface area (Å²) in [6, 6.07) is 5.87. The van der Waals surface area contributed by atoms with Gasteiger partial charge in [0.25, 0.3) is 0 Å². The number of benzene rings is 1. The summed E-state index contributed by atoms with van der Waals surface area (Å²) >= 11 is 6.02. The van der Waals surface area contributed by atoms with E-state index in [1.165, 1.54) is 5.56 Å². The van der Waals surface area contributed by atoms with Gasteiger partial charge in [-0.25, -0.2) is 0 Å². The van der Waals surface area contributed by atoms with Crippen LogP contribution in [0.4, 0.5) is 0 Å². The first-order valence-electron chi connectivity index (χ1n) is 7.35. The minimum absolute atomic E-state index is 0.119. The van der Waals surface area contributed by atoms with Crippen LogP contribution >= 0.6 is 11.6 Å². The maximum absolute atomic E-state index is 6.02. The van der Waals surface area contributed by atoms with E-state index < -0.39 is 0 Å². The number of nitrogens with one attached hydrogen (secondary N) is 1. The number of fused-ring (bicyclic) bond motifs is 1. The van der Waals surface area contributed by atoms with Gasteiger partial charge in [-0.2, -0.15) is 0 Å². The Bertz CT molecular complexity index is 476. The van der Waals surface area contributed by atoms with Crippen LogP contribution in [-0.4, -0.2) is 18.2 Å². The number of hydrogen-bond donors (Lipinski definition) is 1. The van der Waals surface area contributed by atoms with Gasteiger partial charge >= 0.3 is 0 Å². The zero-order valence-corrected chi connectivity index (χ0v) is 14.0. The quantitative estimate of drug-likeness (QED) is 0.886. The average Bonchev–Trinajstić information content (AvgIpc) is 2.65. The normalized spacial score (nSPS) is 18.8. The van der Waals surface area contributed by atoms with Crippen molar-refractivity contribution in [2.75, 3.05) is 6.54 Å². The maximum Gasteiger partial charge on any atom is 0.123 e. The smallest absolute Gasteiger partial charge is 0.123 e. The predicted molar refractivity (Wildman–Crippen MR) is 85.7 cm³/mol. The molecule has 0 bridgehead atoms. The van der Waals surface area contributed by atoms with Crippen LogP contribution in [0.25, 0.3) is 0 Å². The molecule has 1 aliphatic rings. The zero-order valence-electron chi connectivity index (χ0n) is 13.2. The molecule has 1 aromatic carbocycles. The second kappa shape index (κ2) is 5.57. The molecule has 0 fully saturated rings. The van der Waals surface area contributed by atoms with Crippen LogP contribution in [0, 0.1) is 5.41 Å². The Morgan fingerprint density at radius 3 is 2.60 bits per heavy atom. The van der Waals surface area contributed by atoms with Gasteiger partial charge in [0.2, 0.25) is 0 Å². The van der Waals surface area contributed by atoms with Gasteiger partial charge in [-0.05, 0) is 49.4 Å². The van der Waals surface area contributed by atoms with Crippen molar-refractivity contribution in [3.8, 4) is 5.75 Å². The van der Waals surface area contributed by atoms with Crippen molar-refractivity contribution < 1.29 is 4.74 Å². The molecule has 0 spiro atoms. The molecular formula is C17H26ClNO. The van der Waals surface area contributed by atoms with E-state index in [-0.39, 0.29) is 11.6 Å². The lowest BCUT2D eigenvalue weighted by molar-refractivity contribution is 0.184. The largest absolute Gasteiger partial charge is 0.488 e. The second-order valence-electron chi connectivity index (χ2n) is 7.70. The molecule has 1 aromatic rings. The van der Waals surface area contributed by atoms with Crippen molar-refractivity contribution in [3.63, 3.8) is 0 Å². The summed E-state index contributed by atoms with van der Waals surface area (Å²) in [6.07, 6.45) is 2.28. The fourth-order valence-corrected chi connectivity index (χ4v) is 3.38. The van der Waals surface area contributed by atoms with E-state index in [0.29, 0.717) is 5.41 Å². The van der Waals surface area contributed by atoms with Gasteiger partial charge in [-0.1, -0.05) is 32.4 Å². The number of rotatable bonds is 4. The van der Waals surface area contributed by atoms with E-state index in [4.69, 9.17) is 16.3 Å². The van der Waals surface area contributed by atoms with E-state index >= 15 is 0 Å². The van der Waals surface area contributed by atoms with Crippen LogP contribution in [0.2, 0.25) is 5.02 Å². The lowest BCUT2D eigenvalue weighted by Crippen LogP contribution is -2.46. The minimum Gasteiger partial charge on any atom is -0.488 e. The molecule has 0 aromatic heterocycles.